The summed E-state index contributed by atoms with van der Waals surface area (Å²) in [7, 11) is 0. The monoisotopic (exact) mass is 473 g/mol. The highest BCUT2D eigenvalue weighted by atomic mass is 127. The molecule has 1 aromatic heterocycles. The van der Waals surface area contributed by atoms with Crippen LogP contribution in [0.1, 0.15) is 38.9 Å². The van der Waals surface area contributed by atoms with Crippen molar-refractivity contribution in [1.82, 2.24) is 10.1 Å². The van der Waals surface area contributed by atoms with Gasteiger partial charge in [-0.25, -0.2) is 4.99 Å². The topological polar surface area (TPSA) is 108 Å². The Balaban J connectivity index is 0.00000243. The van der Waals surface area contributed by atoms with Crippen LogP contribution in [0.4, 0.5) is 5.69 Å². The van der Waals surface area contributed by atoms with E-state index in [1.807, 2.05) is 39.0 Å². The Morgan fingerprint density at radius 2 is 1.96 bits per heavy atom. The third-order valence-corrected chi connectivity index (χ3v) is 3.52. The van der Waals surface area contributed by atoms with Crippen LogP contribution in [0.5, 0.6) is 11.5 Å². The average Bonchev–Trinajstić information content (AvgIpc) is 2.92. The van der Waals surface area contributed by atoms with E-state index in [0.29, 0.717) is 30.7 Å². The van der Waals surface area contributed by atoms with Gasteiger partial charge in [0, 0.05) is 23.6 Å². The van der Waals surface area contributed by atoms with Crippen LogP contribution in [0, 0.1) is 0 Å². The summed E-state index contributed by atoms with van der Waals surface area (Å²) >= 11 is 0. The minimum atomic E-state index is -0.192. The number of nitrogens with zero attached hydrogens (tertiary/aromatic N) is 3. The first-order valence-electron chi connectivity index (χ1n) is 8.21. The van der Waals surface area contributed by atoms with E-state index in [1.54, 1.807) is 0 Å². The van der Waals surface area contributed by atoms with Crippen LogP contribution >= 0.6 is 24.0 Å². The molecule has 2 heterocycles. The number of hydrogen-bond acceptors (Lipinski definition) is 6. The molecule has 0 saturated heterocycles. The molecule has 1 aliphatic rings. The van der Waals surface area contributed by atoms with E-state index in [-0.39, 0.29) is 41.9 Å². The van der Waals surface area contributed by atoms with Gasteiger partial charge in [0.1, 0.15) is 6.54 Å². The molecule has 0 aliphatic carbocycles. The summed E-state index contributed by atoms with van der Waals surface area (Å²) in [5.41, 5.74) is 6.51. The SMILES string of the molecule is CC(C)(C)c1nc(CN=C(N)Nc2ccc3c(c2)OCCCO3)no1.I. The number of halogens is 1. The van der Waals surface area contributed by atoms with Gasteiger partial charge in [-0.05, 0) is 12.1 Å². The van der Waals surface area contributed by atoms with Gasteiger partial charge >= 0.3 is 0 Å². The molecule has 1 aromatic carbocycles. The Bertz CT molecular complexity index is 770. The molecule has 0 unspecified atom stereocenters. The lowest BCUT2D eigenvalue weighted by Crippen LogP contribution is -2.22. The highest BCUT2D eigenvalue weighted by Crippen LogP contribution is 2.32. The van der Waals surface area contributed by atoms with E-state index < -0.39 is 0 Å². The summed E-state index contributed by atoms with van der Waals surface area (Å²) < 4.78 is 16.5. The summed E-state index contributed by atoms with van der Waals surface area (Å²) in [5.74, 6) is 2.76. The molecule has 0 spiro atoms. The number of aromatic nitrogens is 2. The van der Waals surface area contributed by atoms with Crippen molar-refractivity contribution in [2.24, 2.45) is 10.7 Å². The van der Waals surface area contributed by atoms with Crippen LogP contribution in [0.3, 0.4) is 0 Å². The summed E-state index contributed by atoms with van der Waals surface area (Å²) in [4.78, 5) is 8.57. The van der Waals surface area contributed by atoms with Gasteiger partial charge in [0.15, 0.2) is 23.3 Å². The van der Waals surface area contributed by atoms with Crippen molar-refractivity contribution in [3.8, 4) is 11.5 Å². The summed E-state index contributed by atoms with van der Waals surface area (Å²) in [6.45, 7) is 7.55. The first-order chi connectivity index (χ1) is 11.9. The smallest absolute Gasteiger partial charge is 0.232 e. The average molecular weight is 473 g/mol. The predicted molar refractivity (Wildman–Crippen MR) is 109 cm³/mol. The highest BCUT2D eigenvalue weighted by molar-refractivity contribution is 14.0. The molecule has 0 bridgehead atoms. The molecule has 3 N–H and O–H groups in total. The van der Waals surface area contributed by atoms with Gasteiger partial charge in [0.2, 0.25) is 5.89 Å². The zero-order valence-electron chi connectivity index (χ0n) is 15.1. The lowest BCUT2D eigenvalue weighted by molar-refractivity contribution is 0.297. The zero-order valence-corrected chi connectivity index (χ0v) is 17.4. The standard InChI is InChI=1S/C17H23N5O3.HI/c1-17(2,3)15-21-14(22-25-15)10-19-16(18)20-11-5-6-12-13(9-11)24-8-4-7-23-12;/h5-6,9H,4,7-8,10H2,1-3H3,(H3,18,19,20);1H. The van der Waals surface area contributed by atoms with E-state index in [0.717, 1.165) is 17.9 Å². The van der Waals surface area contributed by atoms with Crippen LogP contribution in [-0.2, 0) is 12.0 Å². The van der Waals surface area contributed by atoms with Crippen molar-refractivity contribution >= 4 is 35.6 Å². The van der Waals surface area contributed by atoms with Crippen LogP contribution in [0.2, 0.25) is 0 Å². The fraction of sp³-hybridized carbons (Fsp3) is 0.471. The minimum absolute atomic E-state index is 0. The largest absolute Gasteiger partial charge is 0.490 e. The zero-order chi connectivity index (χ0) is 17.9. The fourth-order valence-electron chi connectivity index (χ4n) is 2.21. The van der Waals surface area contributed by atoms with E-state index in [2.05, 4.69) is 20.4 Å². The van der Waals surface area contributed by atoms with Crippen molar-refractivity contribution in [2.75, 3.05) is 18.5 Å². The maximum absolute atomic E-state index is 5.93. The predicted octanol–water partition coefficient (Wildman–Crippen LogP) is 3.07. The molecule has 3 rings (SSSR count). The lowest BCUT2D eigenvalue weighted by Gasteiger charge is -2.10. The molecule has 0 atom stereocenters. The third kappa shape index (κ3) is 5.23. The Hall–Kier alpha value is -2.04. The number of anilines is 1. The number of ether oxygens (including phenoxy) is 2. The maximum Gasteiger partial charge on any atom is 0.232 e. The number of nitrogens with one attached hydrogen (secondary N) is 1. The van der Waals surface area contributed by atoms with Gasteiger partial charge in [-0.2, -0.15) is 4.98 Å². The van der Waals surface area contributed by atoms with E-state index in [9.17, 15) is 0 Å². The molecule has 0 saturated carbocycles. The second kappa shape index (κ2) is 8.56. The molecular weight excluding hydrogens is 449 g/mol. The van der Waals surface area contributed by atoms with Crippen molar-refractivity contribution in [1.29, 1.82) is 0 Å². The van der Waals surface area contributed by atoms with Crippen molar-refractivity contribution in [2.45, 2.75) is 39.2 Å². The Morgan fingerprint density at radius 3 is 2.65 bits per heavy atom. The lowest BCUT2D eigenvalue weighted by atomic mass is 9.97. The molecule has 26 heavy (non-hydrogen) atoms. The van der Waals surface area contributed by atoms with E-state index >= 15 is 0 Å². The van der Waals surface area contributed by atoms with Crippen LogP contribution in [0.25, 0.3) is 0 Å². The molecular formula is C17H24IN5O3. The van der Waals surface area contributed by atoms with Gasteiger partial charge < -0.3 is 25.0 Å². The number of nitrogens with two attached hydrogens (primary N) is 1. The van der Waals surface area contributed by atoms with Gasteiger partial charge in [0.05, 0.1) is 13.2 Å². The Morgan fingerprint density at radius 1 is 1.23 bits per heavy atom. The molecule has 0 fully saturated rings. The normalized spacial score (nSPS) is 14.3. The number of fused-ring (bicyclic) bond motifs is 1. The summed E-state index contributed by atoms with van der Waals surface area (Å²) in [6, 6.07) is 5.56. The van der Waals surface area contributed by atoms with Gasteiger partial charge in [0.25, 0.3) is 0 Å². The number of aliphatic imine (C=N–C) groups is 1. The Kier molecular flexibility index (Phi) is 6.68. The first kappa shape index (κ1) is 20.3. The van der Waals surface area contributed by atoms with Crippen molar-refractivity contribution in [3.05, 3.63) is 29.9 Å². The molecule has 1 aliphatic heterocycles. The number of rotatable bonds is 3. The molecule has 142 valence electrons. The fourth-order valence-corrected chi connectivity index (χ4v) is 2.21. The third-order valence-electron chi connectivity index (χ3n) is 3.52. The number of guanidine groups is 1. The quantitative estimate of drug-likeness (QED) is 0.401. The van der Waals surface area contributed by atoms with Gasteiger partial charge in [-0.3, -0.25) is 0 Å². The number of benzene rings is 1. The molecule has 0 radical (unpaired) electrons. The summed E-state index contributed by atoms with van der Waals surface area (Å²) in [6.07, 6.45) is 0.863. The van der Waals surface area contributed by atoms with Crippen molar-refractivity contribution < 1.29 is 14.0 Å². The first-order valence-corrected chi connectivity index (χ1v) is 8.21. The number of hydrogen-bond donors (Lipinski definition) is 2. The van der Waals surface area contributed by atoms with Gasteiger partial charge in [-0.1, -0.05) is 25.9 Å². The molecule has 9 heteroatoms. The minimum Gasteiger partial charge on any atom is -0.490 e. The van der Waals surface area contributed by atoms with Crippen LogP contribution in [-0.4, -0.2) is 29.3 Å². The molecule has 2 aromatic rings. The Labute approximate surface area is 169 Å². The van der Waals surface area contributed by atoms with Gasteiger partial charge in [-0.15, -0.1) is 24.0 Å². The van der Waals surface area contributed by atoms with E-state index in [1.165, 1.54) is 0 Å². The maximum atomic E-state index is 5.93. The van der Waals surface area contributed by atoms with E-state index in [4.69, 9.17) is 19.7 Å². The van der Waals surface area contributed by atoms with Crippen LogP contribution < -0.4 is 20.5 Å². The molecule has 0 amide bonds. The second-order valence-corrected chi connectivity index (χ2v) is 6.80. The molecule has 8 nitrogen and oxygen atoms in total. The highest BCUT2D eigenvalue weighted by Gasteiger charge is 2.21. The van der Waals surface area contributed by atoms with Crippen molar-refractivity contribution in [3.63, 3.8) is 0 Å². The van der Waals surface area contributed by atoms with Crippen LogP contribution in [0.15, 0.2) is 27.7 Å². The summed E-state index contributed by atoms with van der Waals surface area (Å²) in [5, 5.41) is 6.94. The second-order valence-electron chi connectivity index (χ2n) is 6.80.